The first kappa shape index (κ1) is 19.2. The van der Waals surface area contributed by atoms with Crippen LogP contribution in [0.25, 0.3) is 0 Å². The van der Waals surface area contributed by atoms with Crippen molar-refractivity contribution in [2.75, 3.05) is 23.3 Å². The van der Waals surface area contributed by atoms with Crippen molar-refractivity contribution in [3.63, 3.8) is 0 Å². The van der Waals surface area contributed by atoms with E-state index in [1.54, 1.807) is 15.9 Å². The molecule has 0 saturated carbocycles. The standard InChI is InChI=1S/C23H25N3O3/c1-16(17-8-3-2-4-9-17)26-15-18(14-22(26)28)23(29)24-19-10-5-6-11-20(19)25-13-7-12-21(25)27/h2-6,8-11,16,18H,7,12-15H2,1H3,(H,24,29). The Hall–Kier alpha value is -3.15. The molecule has 150 valence electrons. The Morgan fingerprint density at radius 2 is 1.76 bits per heavy atom. The van der Waals surface area contributed by atoms with Gasteiger partial charge < -0.3 is 15.1 Å². The van der Waals surface area contributed by atoms with E-state index in [4.69, 9.17) is 0 Å². The monoisotopic (exact) mass is 391 g/mol. The number of likely N-dealkylation sites (tertiary alicyclic amines) is 1. The van der Waals surface area contributed by atoms with Crippen molar-refractivity contribution >= 4 is 29.1 Å². The summed E-state index contributed by atoms with van der Waals surface area (Å²) in [5.41, 5.74) is 2.40. The zero-order valence-corrected chi connectivity index (χ0v) is 16.5. The van der Waals surface area contributed by atoms with Crippen LogP contribution in [0.2, 0.25) is 0 Å². The number of anilines is 2. The fourth-order valence-electron chi connectivity index (χ4n) is 4.15. The molecule has 2 unspecified atom stereocenters. The van der Waals surface area contributed by atoms with E-state index in [1.807, 2.05) is 55.5 Å². The number of hydrogen-bond donors (Lipinski definition) is 1. The van der Waals surface area contributed by atoms with E-state index in [2.05, 4.69) is 5.32 Å². The SMILES string of the molecule is CC(c1ccccc1)N1CC(C(=O)Nc2ccccc2N2CCCC2=O)CC1=O. The number of carbonyl (C=O) groups excluding carboxylic acids is 3. The largest absolute Gasteiger partial charge is 0.335 e. The van der Waals surface area contributed by atoms with Crippen LogP contribution in [-0.2, 0) is 14.4 Å². The number of amides is 3. The molecule has 2 heterocycles. The summed E-state index contributed by atoms with van der Waals surface area (Å²) in [5, 5.41) is 2.96. The van der Waals surface area contributed by atoms with E-state index < -0.39 is 5.92 Å². The van der Waals surface area contributed by atoms with Crippen LogP contribution in [0.1, 0.15) is 37.8 Å². The second-order valence-corrected chi connectivity index (χ2v) is 7.69. The molecule has 0 bridgehead atoms. The minimum Gasteiger partial charge on any atom is -0.335 e. The van der Waals surface area contributed by atoms with E-state index in [0.29, 0.717) is 25.2 Å². The highest BCUT2D eigenvalue weighted by Gasteiger charge is 2.37. The van der Waals surface area contributed by atoms with Crippen molar-refractivity contribution in [1.82, 2.24) is 4.90 Å². The molecule has 2 atom stereocenters. The topological polar surface area (TPSA) is 69.7 Å². The predicted molar refractivity (Wildman–Crippen MR) is 111 cm³/mol. The van der Waals surface area contributed by atoms with Gasteiger partial charge in [0.05, 0.1) is 23.3 Å². The Morgan fingerprint density at radius 1 is 1.03 bits per heavy atom. The van der Waals surface area contributed by atoms with Crippen LogP contribution in [0.5, 0.6) is 0 Å². The Kier molecular flexibility index (Phi) is 5.34. The number of nitrogens with one attached hydrogen (secondary N) is 1. The molecule has 0 radical (unpaired) electrons. The Morgan fingerprint density at radius 3 is 2.48 bits per heavy atom. The van der Waals surface area contributed by atoms with Crippen LogP contribution >= 0.6 is 0 Å². The molecule has 2 aliphatic heterocycles. The zero-order valence-electron chi connectivity index (χ0n) is 16.5. The molecule has 2 aromatic rings. The summed E-state index contributed by atoms with van der Waals surface area (Å²) in [4.78, 5) is 41.1. The second-order valence-electron chi connectivity index (χ2n) is 7.69. The smallest absolute Gasteiger partial charge is 0.229 e. The molecule has 29 heavy (non-hydrogen) atoms. The third-order valence-corrected chi connectivity index (χ3v) is 5.80. The van der Waals surface area contributed by atoms with E-state index >= 15 is 0 Å². The molecule has 0 aliphatic carbocycles. The molecular formula is C23H25N3O3. The highest BCUT2D eigenvalue weighted by atomic mass is 16.2. The average Bonchev–Trinajstić information content (AvgIpc) is 3.34. The van der Waals surface area contributed by atoms with Gasteiger partial charge >= 0.3 is 0 Å². The summed E-state index contributed by atoms with van der Waals surface area (Å²) in [6.07, 6.45) is 1.56. The Balaban J connectivity index is 1.46. The minimum absolute atomic E-state index is 0.00971. The van der Waals surface area contributed by atoms with Crippen LogP contribution in [0.3, 0.4) is 0 Å². The second kappa shape index (κ2) is 8.07. The van der Waals surface area contributed by atoms with Gasteiger partial charge in [-0.05, 0) is 31.0 Å². The van der Waals surface area contributed by atoms with Gasteiger partial charge in [0.2, 0.25) is 17.7 Å². The number of rotatable bonds is 5. The lowest BCUT2D eigenvalue weighted by atomic mass is 10.1. The van der Waals surface area contributed by atoms with Gasteiger partial charge in [0.15, 0.2) is 0 Å². The van der Waals surface area contributed by atoms with E-state index in [1.165, 1.54) is 0 Å². The summed E-state index contributed by atoms with van der Waals surface area (Å²) in [7, 11) is 0. The maximum absolute atomic E-state index is 12.9. The molecule has 2 fully saturated rings. The fraction of sp³-hybridized carbons (Fsp3) is 0.348. The van der Waals surface area contributed by atoms with Gasteiger partial charge in [-0.1, -0.05) is 42.5 Å². The third kappa shape index (κ3) is 3.88. The lowest BCUT2D eigenvalue weighted by molar-refractivity contribution is -0.129. The molecule has 6 nitrogen and oxygen atoms in total. The molecule has 4 rings (SSSR count). The molecule has 0 spiro atoms. The van der Waals surface area contributed by atoms with E-state index in [9.17, 15) is 14.4 Å². The van der Waals surface area contributed by atoms with Gasteiger partial charge in [-0.2, -0.15) is 0 Å². The van der Waals surface area contributed by atoms with Gasteiger partial charge in [-0.15, -0.1) is 0 Å². The molecule has 0 aromatic heterocycles. The fourth-order valence-corrected chi connectivity index (χ4v) is 4.15. The maximum Gasteiger partial charge on any atom is 0.229 e. The van der Waals surface area contributed by atoms with E-state index in [-0.39, 0.29) is 30.2 Å². The Labute approximate surface area is 170 Å². The third-order valence-electron chi connectivity index (χ3n) is 5.80. The first-order valence-corrected chi connectivity index (χ1v) is 10.1. The van der Waals surface area contributed by atoms with Crippen LogP contribution < -0.4 is 10.2 Å². The molecule has 2 saturated heterocycles. The summed E-state index contributed by atoms with van der Waals surface area (Å²) in [6.45, 7) is 3.04. The summed E-state index contributed by atoms with van der Waals surface area (Å²) in [5.74, 6) is -0.522. The van der Waals surface area contributed by atoms with Crippen molar-refractivity contribution < 1.29 is 14.4 Å². The van der Waals surface area contributed by atoms with Crippen molar-refractivity contribution in [2.24, 2.45) is 5.92 Å². The number of benzene rings is 2. The quantitative estimate of drug-likeness (QED) is 0.850. The first-order chi connectivity index (χ1) is 14.0. The number of carbonyl (C=O) groups is 3. The average molecular weight is 391 g/mol. The van der Waals surface area contributed by atoms with Crippen molar-refractivity contribution in [1.29, 1.82) is 0 Å². The van der Waals surface area contributed by atoms with Gasteiger partial charge in [0.1, 0.15) is 0 Å². The highest BCUT2D eigenvalue weighted by molar-refractivity contribution is 6.03. The lowest BCUT2D eigenvalue weighted by Crippen LogP contribution is -2.31. The molecular weight excluding hydrogens is 366 g/mol. The van der Waals surface area contributed by atoms with Crippen LogP contribution in [0.4, 0.5) is 11.4 Å². The van der Waals surface area contributed by atoms with Crippen molar-refractivity contribution in [3.8, 4) is 0 Å². The molecule has 6 heteroatoms. The van der Waals surface area contributed by atoms with Crippen molar-refractivity contribution in [3.05, 3.63) is 60.2 Å². The summed E-state index contributed by atoms with van der Waals surface area (Å²) in [6, 6.07) is 17.1. The minimum atomic E-state index is -0.406. The molecule has 2 aromatic carbocycles. The van der Waals surface area contributed by atoms with E-state index in [0.717, 1.165) is 17.7 Å². The zero-order chi connectivity index (χ0) is 20.4. The number of para-hydroxylation sites is 2. The lowest BCUT2D eigenvalue weighted by Gasteiger charge is -2.25. The summed E-state index contributed by atoms with van der Waals surface area (Å²) >= 11 is 0. The maximum atomic E-state index is 12.9. The summed E-state index contributed by atoms with van der Waals surface area (Å²) < 4.78 is 0. The highest BCUT2D eigenvalue weighted by Crippen LogP contribution is 2.32. The van der Waals surface area contributed by atoms with Crippen molar-refractivity contribution in [2.45, 2.75) is 32.2 Å². The van der Waals surface area contributed by atoms with Gasteiger partial charge in [-0.3, -0.25) is 14.4 Å². The van der Waals surface area contributed by atoms with Gasteiger partial charge in [0, 0.05) is 25.9 Å². The first-order valence-electron chi connectivity index (χ1n) is 10.1. The molecule has 3 amide bonds. The van der Waals surface area contributed by atoms with Crippen LogP contribution in [0.15, 0.2) is 54.6 Å². The molecule has 2 aliphatic rings. The Bertz CT molecular complexity index is 928. The van der Waals surface area contributed by atoms with Gasteiger partial charge in [0.25, 0.3) is 0 Å². The van der Waals surface area contributed by atoms with Crippen LogP contribution in [-0.4, -0.2) is 35.7 Å². The normalized spacial score (nSPS) is 20.2. The molecule has 1 N–H and O–H groups in total. The van der Waals surface area contributed by atoms with Crippen LogP contribution in [0, 0.1) is 5.92 Å². The van der Waals surface area contributed by atoms with Gasteiger partial charge in [-0.25, -0.2) is 0 Å². The number of nitrogens with zero attached hydrogens (tertiary/aromatic N) is 2. The predicted octanol–water partition coefficient (Wildman–Crippen LogP) is 3.36. The number of hydrogen-bond acceptors (Lipinski definition) is 3.